The van der Waals surface area contributed by atoms with E-state index in [9.17, 15) is 0 Å². The maximum Gasteiger partial charge on any atom is 0.394 e. The number of nitrogens with one attached hydrogen (secondary N) is 2. The number of guanidine groups is 1. The molecular weight excluding hydrogens is 186 g/mol. The number of nitrogens with two attached hydrogens (primary N) is 1. The summed E-state index contributed by atoms with van der Waals surface area (Å²) in [5.74, 6) is 0.0995. The van der Waals surface area contributed by atoms with E-state index in [-0.39, 0.29) is 5.96 Å². The van der Waals surface area contributed by atoms with Gasteiger partial charge in [-0.05, 0) is 12.8 Å². The zero-order valence-corrected chi connectivity index (χ0v) is 7.00. The predicted molar refractivity (Wildman–Crippen MR) is 42.2 cm³/mol. The molecule has 0 aromatic rings. The molecular formula is C4H11N3O4S. The fourth-order valence-corrected chi connectivity index (χ4v) is 0.448. The van der Waals surface area contributed by atoms with Crippen LogP contribution in [0.5, 0.6) is 0 Å². The number of rotatable bonds is 1. The second kappa shape index (κ2) is 4.24. The van der Waals surface area contributed by atoms with Crippen molar-refractivity contribution in [2.75, 3.05) is 0 Å². The molecule has 0 heterocycles. The molecule has 0 spiro atoms. The van der Waals surface area contributed by atoms with Crippen molar-refractivity contribution in [3.05, 3.63) is 0 Å². The van der Waals surface area contributed by atoms with Crippen LogP contribution in [0, 0.1) is 5.41 Å². The Morgan fingerprint density at radius 1 is 1.50 bits per heavy atom. The Balaban J connectivity index is 0.000000217. The van der Waals surface area contributed by atoms with Gasteiger partial charge in [0.05, 0.1) is 0 Å². The van der Waals surface area contributed by atoms with Crippen molar-refractivity contribution in [2.45, 2.75) is 18.9 Å². The lowest BCUT2D eigenvalue weighted by Crippen LogP contribution is -2.31. The van der Waals surface area contributed by atoms with Crippen LogP contribution in [0.4, 0.5) is 0 Å². The maximum atomic E-state index is 8.74. The van der Waals surface area contributed by atoms with Gasteiger partial charge in [0.1, 0.15) is 0 Å². The van der Waals surface area contributed by atoms with Crippen molar-refractivity contribution in [1.29, 1.82) is 5.41 Å². The summed E-state index contributed by atoms with van der Waals surface area (Å²) in [5, 5.41) is 9.51. The largest absolute Gasteiger partial charge is 0.394 e. The van der Waals surface area contributed by atoms with Gasteiger partial charge in [-0.2, -0.15) is 8.42 Å². The molecule has 1 aliphatic carbocycles. The summed E-state index contributed by atoms with van der Waals surface area (Å²) in [4.78, 5) is 0. The number of hydrogen-bond acceptors (Lipinski definition) is 3. The molecule has 0 aromatic carbocycles. The van der Waals surface area contributed by atoms with Gasteiger partial charge >= 0.3 is 10.4 Å². The molecule has 0 saturated heterocycles. The standard InChI is InChI=1S/C4H9N3.H2O4S/c5-4(6)7-3-1-2-3;1-5(2,3)4/h3H,1-2H2,(H4,5,6,7);(H2,1,2,3,4). The zero-order valence-electron chi connectivity index (χ0n) is 6.19. The molecule has 1 rings (SSSR count). The average Bonchev–Trinajstić information content (AvgIpc) is 2.41. The van der Waals surface area contributed by atoms with E-state index in [1.165, 1.54) is 12.8 Å². The molecule has 0 atom stereocenters. The lowest BCUT2D eigenvalue weighted by molar-refractivity contribution is 0.381. The van der Waals surface area contributed by atoms with Crippen molar-refractivity contribution >= 4 is 16.4 Å². The molecule has 0 amide bonds. The van der Waals surface area contributed by atoms with E-state index in [0.717, 1.165) is 0 Å². The molecule has 6 N–H and O–H groups in total. The van der Waals surface area contributed by atoms with Gasteiger partial charge in [0.15, 0.2) is 5.96 Å². The third-order valence-corrected chi connectivity index (χ3v) is 0.937. The average molecular weight is 197 g/mol. The summed E-state index contributed by atoms with van der Waals surface area (Å²) in [6.07, 6.45) is 2.36. The molecule has 0 bridgehead atoms. The highest BCUT2D eigenvalue weighted by Gasteiger charge is 2.20. The van der Waals surface area contributed by atoms with Gasteiger partial charge in [0.2, 0.25) is 0 Å². The van der Waals surface area contributed by atoms with Gasteiger partial charge in [-0.15, -0.1) is 0 Å². The topological polar surface area (TPSA) is 136 Å². The molecule has 1 aliphatic rings. The van der Waals surface area contributed by atoms with Crippen molar-refractivity contribution in [2.24, 2.45) is 5.73 Å². The van der Waals surface area contributed by atoms with Gasteiger partial charge in [0.25, 0.3) is 0 Å². The van der Waals surface area contributed by atoms with E-state index >= 15 is 0 Å². The smallest absolute Gasteiger partial charge is 0.370 e. The van der Waals surface area contributed by atoms with Crippen LogP contribution in [-0.2, 0) is 10.4 Å². The monoisotopic (exact) mass is 197 g/mol. The van der Waals surface area contributed by atoms with Crippen LogP contribution in [0.3, 0.4) is 0 Å². The van der Waals surface area contributed by atoms with E-state index in [2.05, 4.69) is 5.32 Å². The van der Waals surface area contributed by atoms with Crippen molar-refractivity contribution in [1.82, 2.24) is 5.32 Å². The molecule has 1 saturated carbocycles. The first-order valence-electron chi connectivity index (χ1n) is 3.09. The Morgan fingerprint density at radius 3 is 1.92 bits per heavy atom. The van der Waals surface area contributed by atoms with Gasteiger partial charge in [-0.1, -0.05) is 0 Å². The fourth-order valence-electron chi connectivity index (χ4n) is 0.448. The van der Waals surface area contributed by atoms with Crippen molar-refractivity contribution in [3.63, 3.8) is 0 Å². The van der Waals surface area contributed by atoms with Gasteiger partial charge < -0.3 is 11.1 Å². The van der Waals surface area contributed by atoms with Gasteiger partial charge in [-0.25, -0.2) is 0 Å². The van der Waals surface area contributed by atoms with E-state index in [1.54, 1.807) is 0 Å². The fraction of sp³-hybridized carbons (Fsp3) is 0.750. The minimum Gasteiger partial charge on any atom is -0.370 e. The van der Waals surface area contributed by atoms with Crippen LogP contribution < -0.4 is 11.1 Å². The molecule has 1 fully saturated rings. The Kier molecular flexibility index (Phi) is 3.93. The maximum absolute atomic E-state index is 8.74. The summed E-state index contributed by atoms with van der Waals surface area (Å²) in [6, 6.07) is 0.525. The molecule has 0 aromatic heterocycles. The van der Waals surface area contributed by atoms with Crippen LogP contribution in [0.15, 0.2) is 0 Å². The zero-order chi connectivity index (χ0) is 9.78. The summed E-state index contributed by atoms with van der Waals surface area (Å²) >= 11 is 0. The van der Waals surface area contributed by atoms with E-state index < -0.39 is 10.4 Å². The molecule has 0 aliphatic heterocycles. The van der Waals surface area contributed by atoms with Gasteiger partial charge in [-0.3, -0.25) is 14.5 Å². The lowest BCUT2D eigenvalue weighted by atomic mass is 10.7. The van der Waals surface area contributed by atoms with Crippen LogP contribution in [0.1, 0.15) is 12.8 Å². The summed E-state index contributed by atoms with van der Waals surface area (Å²) in [7, 11) is -4.67. The highest BCUT2D eigenvalue weighted by atomic mass is 32.3. The Hall–Kier alpha value is -0.860. The van der Waals surface area contributed by atoms with E-state index in [4.69, 9.17) is 28.7 Å². The first kappa shape index (κ1) is 11.1. The highest BCUT2D eigenvalue weighted by Crippen LogP contribution is 2.17. The predicted octanol–water partition coefficient (Wildman–Crippen LogP) is -1.02. The van der Waals surface area contributed by atoms with Crippen LogP contribution in [0.2, 0.25) is 0 Å². The van der Waals surface area contributed by atoms with Crippen molar-refractivity contribution in [3.8, 4) is 0 Å². The second-order valence-electron chi connectivity index (χ2n) is 2.28. The molecule has 0 unspecified atom stereocenters. The molecule has 7 nitrogen and oxygen atoms in total. The SMILES string of the molecule is N=C(N)NC1CC1.O=S(=O)(O)O. The van der Waals surface area contributed by atoms with Crippen LogP contribution >= 0.6 is 0 Å². The molecule has 0 radical (unpaired) electrons. The number of hydrogen-bond donors (Lipinski definition) is 5. The summed E-state index contributed by atoms with van der Waals surface area (Å²) in [5.41, 5.74) is 5.01. The minimum atomic E-state index is -4.67. The molecule has 72 valence electrons. The van der Waals surface area contributed by atoms with E-state index in [0.29, 0.717) is 6.04 Å². The second-order valence-corrected chi connectivity index (χ2v) is 3.18. The minimum absolute atomic E-state index is 0.0995. The van der Waals surface area contributed by atoms with Crippen LogP contribution in [0.25, 0.3) is 0 Å². The van der Waals surface area contributed by atoms with Crippen LogP contribution in [-0.4, -0.2) is 29.5 Å². The first-order chi connectivity index (χ1) is 5.29. The third kappa shape index (κ3) is 16.1. The Bertz CT molecular complexity index is 237. The lowest BCUT2D eigenvalue weighted by Gasteiger charge is -1.95. The Labute approximate surface area is 70.0 Å². The normalized spacial score (nSPS) is 15.8. The highest BCUT2D eigenvalue weighted by molar-refractivity contribution is 7.79. The van der Waals surface area contributed by atoms with Crippen molar-refractivity contribution < 1.29 is 17.5 Å². The molecule has 12 heavy (non-hydrogen) atoms. The summed E-state index contributed by atoms with van der Waals surface area (Å²) in [6.45, 7) is 0. The third-order valence-electron chi connectivity index (χ3n) is 0.937. The Morgan fingerprint density at radius 2 is 1.83 bits per heavy atom. The summed E-state index contributed by atoms with van der Waals surface area (Å²) < 4.78 is 31.6. The van der Waals surface area contributed by atoms with E-state index in [1.807, 2.05) is 0 Å². The quantitative estimate of drug-likeness (QED) is 0.207. The van der Waals surface area contributed by atoms with Gasteiger partial charge in [0, 0.05) is 6.04 Å². The first-order valence-corrected chi connectivity index (χ1v) is 4.49. The molecule has 8 heteroatoms.